The molecule has 0 aromatic heterocycles. The van der Waals surface area contributed by atoms with Gasteiger partial charge in [-0.3, -0.25) is 0 Å². The summed E-state index contributed by atoms with van der Waals surface area (Å²) in [5.41, 5.74) is 5.67. The predicted molar refractivity (Wildman–Crippen MR) is 50.1 cm³/mol. The first-order chi connectivity index (χ1) is 4.72. The molecule has 0 aliphatic carbocycles. The second-order valence-electron chi connectivity index (χ2n) is 2.03. The van der Waals surface area contributed by atoms with E-state index < -0.39 is 0 Å². The van der Waals surface area contributed by atoms with Crippen molar-refractivity contribution in [1.82, 2.24) is 0 Å². The lowest BCUT2D eigenvalue weighted by molar-refractivity contribution is 0.911. The summed E-state index contributed by atoms with van der Waals surface area (Å²) in [7, 11) is 0. The van der Waals surface area contributed by atoms with Crippen molar-refractivity contribution in [2.45, 2.75) is 19.9 Å². The van der Waals surface area contributed by atoms with Crippen molar-refractivity contribution < 1.29 is 0 Å². The topological polar surface area (TPSA) is 26.0 Å². The molecule has 2 N–H and O–H groups in total. The molecule has 1 nitrogen and oxygen atoms in total. The maximum atomic E-state index is 5.67. The molecule has 0 bridgehead atoms. The van der Waals surface area contributed by atoms with Gasteiger partial charge in [0.15, 0.2) is 0 Å². The third-order valence-electron chi connectivity index (χ3n) is 1.04. The van der Waals surface area contributed by atoms with Crippen molar-refractivity contribution in [3.63, 3.8) is 0 Å². The third kappa shape index (κ3) is 3.75. The molecule has 0 amide bonds. The van der Waals surface area contributed by atoms with E-state index in [-0.39, 0.29) is 6.04 Å². The van der Waals surface area contributed by atoms with Gasteiger partial charge in [-0.05, 0) is 12.7 Å². The van der Waals surface area contributed by atoms with Crippen LogP contribution in [0.4, 0.5) is 0 Å². The summed E-state index contributed by atoms with van der Waals surface area (Å²) in [5, 5.41) is 0. The molecule has 0 saturated heterocycles. The first-order valence-electron chi connectivity index (χ1n) is 3.43. The Morgan fingerprint density at radius 3 is 2.70 bits per heavy atom. The zero-order valence-corrected chi connectivity index (χ0v) is 7.45. The summed E-state index contributed by atoms with van der Waals surface area (Å²) in [6.07, 6.45) is 3.75. The summed E-state index contributed by atoms with van der Waals surface area (Å²) >= 11 is 1.77. The minimum atomic E-state index is 0.142. The Morgan fingerprint density at radius 2 is 2.40 bits per heavy atom. The monoisotopic (exact) mass is 157 g/mol. The number of allylic oxidation sites excluding steroid dienone is 2. The second-order valence-corrected chi connectivity index (χ2v) is 3.36. The molecule has 0 radical (unpaired) electrons. The molecule has 2 heteroatoms. The van der Waals surface area contributed by atoms with E-state index in [0.717, 1.165) is 5.75 Å². The van der Waals surface area contributed by atoms with E-state index in [1.165, 1.54) is 4.91 Å². The fraction of sp³-hybridized carbons (Fsp3) is 0.500. The average Bonchev–Trinajstić information content (AvgIpc) is 1.87. The Balaban J connectivity index is 3.97. The Morgan fingerprint density at radius 1 is 1.80 bits per heavy atom. The van der Waals surface area contributed by atoms with E-state index in [1.54, 1.807) is 17.8 Å². The molecule has 0 fully saturated rings. The van der Waals surface area contributed by atoms with Crippen LogP contribution >= 0.6 is 11.8 Å². The first kappa shape index (κ1) is 9.79. The number of hydrogen-bond donors (Lipinski definition) is 1. The lowest BCUT2D eigenvalue weighted by Gasteiger charge is -2.07. The Hall–Kier alpha value is -0.210. The van der Waals surface area contributed by atoms with E-state index in [1.807, 2.05) is 13.0 Å². The summed E-state index contributed by atoms with van der Waals surface area (Å²) in [6, 6.07) is 0.142. The SMILES string of the molecule is C=C/C=C(\SCC)[C@@H](C)N. The standard InChI is InChI=1S/C8H15NS/c1-4-6-8(7(3)9)10-5-2/h4,6-7H,1,5,9H2,2-3H3/b8-6-/t7-/m1/s1. The highest BCUT2D eigenvalue weighted by molar-refractivity contribution is 8.03. The Bertz CT molecular complexity index is 127. The highest BCUT2D eigenvalue weighted by Crippen LogP contribution is 2.17. The molecule has 1 atom stereocenters. The smallest absolute Gasteiger partial charge is 0.0326 e. The van der Waals surface area contributed by atoms with Gasteiger partial charge in [0.1, 0.15) is 0 Å². The quantitative estimate of drug-likeness (QED) is 0.633. The predicted octanol–water partition coefficient (Wildman–Crippen LogP) is 2.16. The normalized spacial score (nSPS) is 14.9. The van der Waals surface area contributed by atoms with Crippen LogP contribution in [0.2, 0.25) is 0 Å². The van der Waals surface area contributed by atoms with E-state index in [0.29, 0.717) is 0 Å². The van der Waals surface area contributed by atoms with Crippen LogP contribution in [0, 0.1) is 0 Å². The first-order valence-corrected chi connectivity index (χ1v) is 4.42. The van der Waals surface area contributed by atoms with Crippen molar-refractivity contribution in [2.75, 3.05) is 5.75 Å². The molecule has 0 heterocycles. The maximum absolute atomic E-state index is 5.67. The van der Waals surface area contributed by atoms with Gasteiger partial charge in [0.05, 0.1) is 0 Å². The Labute approximate surface area is 67.4 Å². The van der Waals surface area contributed by atoms with Crippen LogP contribution in [-0.4, -0.2) is 11.8 Å². The van der Waals surface area contributed by atoms with Gasteiger partial charge in [-0.2, -0.15) is 0 Å². The molecule has 0 aliphatic rings. The third-order valence-corrected chi connectivity index (χ3v) is 2.17. The van der Waals surface area contributed by atoms with Gasteiger partial charge in [-0.25, -0.2) is 0 Å². The van der Waals surface area contributed by atoms with E-state index in [2.05, 4.69) is 13.5 Å². The molecule has 0 unspecified atom stereocenters. The van der Waals surface area contributed by atoms with Crippen LogP contribution in [0.25, 0.3) is 0 Å². The van der Waals surface area contributed by atoms with Gasteiger partial charge < -0.3 is 5.73 Å². The lowest BCUT2D eigenvalue weighted by Crippen LogP contribution is -2.15. The summed E-state index contributed by atoms with van der Waals surface area (Å²) < 4.78 is 0. The summed E-state index contributed by atoms with van der Waals surface area (Å²) in [4.78, 5) is 1.21. The zero-order chi connectivity index (χ0) is 7.98. The van der Waals surface area contributed by atoms with Crippen LogP contribution in [0.15, 0.2) is 23.6 Å². The van der Waals surface area contributed by atoms with Crippen LogP contribution in [-0.2, 0) is 0 Å². The van der Waals surface area contributed by atoms with Gasteiger partial charge >= 0.3 is 0 Å². The van der Waals surface area contributed by atoms with E-state index in [9.17, 15) is 0 Å². The number of rotatable bonds is 4. The number of hydrogen-bond acceptors (Lipinski definition) is 2. The van der Waals surface area contributed by atoms with Crippen LogP contribution in [0.5, 0.6) is 0 Å². The lowest BCUT2D eigenvalue weighted by atomic mass is 10.3. The minimum absolute atomic E-state index is 0.142. The molecule has 0 aromatic rings. The highest BCUT2D eigenvalue weighted by atomic mass is 32.2. The fourth-order valence-corrected chi connectivity index (χ4v) is 1.40. The van der Waals surface area contributed by atoms with E-state index >= 15 is 0 Å². The number of thioether (sulfide) groups is 1. The van der Waals surface area contributed by atoms with Crippen molar-refractivity contribution in [3.8, 4) is 0 Å². The average molecular weight is 157 g/mol. The van der Waals surface area contributed by atoms with Crippen LogP contribution < -0.4 is 5.73 Å². The minimum Gasteiger partial charge on any atom is -0.324 e. The summed E-state index contributed by atoms with van der Waals surface area (Å²) in [6.45, 7) is 7.72. The van der Waals surface area contributed by atoms with Gasteiger partial charge in [-0.15, -0.1) is 11.8 Å². The Kier molecular flexibility index (Phi) is 5.45. The van der Waals surface area contributed by atoms with Crippen LogP contribution in [0.1, 0.15) is 13.8 Å². The second kappa shape index (κ2) is 5.57. The molecule has 0 aromatic carbocycles. The number of nitrogens with two attached hydrogens (primary N) is 1. The molecule has 0 spiro atoms. The van der Waals surface area contributed by atoms with Crippen molar-refractivity contribution >= 4 is 11.8 Å². The zero-order valence-electron chi connectivity index (χ0n) is 6.63. The molecule has 0 saturated carbocycles. The maximum Gasteiger partial charge on any atom is 0.0326 e. The van der Waals surface area contributed by atoms with Gasteiger partial charge in [0.25, 0.3) is 0 Å². The molecule has 0 rings (SSSR count). The fourth-order valence-electron chi connectivity index (χ4n) is 0.614. The van der Waals surface area contributed by atoms with Gasteiger partial charge in [0, 0.05) is 10.9 Å². The molecular weight excluding hydrogens is 142 g/mol. The van der Waals surface area contributed by atoms with Gasteiger partial charge in [0.2, 0.25) is 0 Å². The van der Waals surface area contributed by atoms with Crippen LogP contribution in [0.3, 0.4) is 0 Å². The van der Waals surface area contributed by atoms with Crippen molar-refractivity contribution in [2.24, 2.45) is 5.73 Å². The van der Waals surface area contributed by atoms with E-state index in [4.69, 9.17) is 5.73 Å². The van der Waals surface area contributed by atoms with Gasteiger partial charge in [-0.1, -0.05) is 25.7 Å². The molecule has 58 valence electrons. The largest absolute Gasteiger partial charge is 0.324 e. The molecular formula is C8H15NS. The van der Waals surface area contributed by atoms with Crippen molar-refractivity contribution in [3.05, 3.63) is 23.6 Å². The molecule has 10 heavy (non-hydrogen) atoms. The van der Waals surface area contributed by atoms with Crippen molar-refractivity contribution in [1.29, 1.82) is 0 Å². The summed E-state index contributed by atoms with van der Waals surface area (Å²) in [5.74, 6) is 1.07. The molecule has 0 aliphatic heterocycles. The highest BCUT2D eigenvalue weighted by Gasteiger charge is 1.99.